The second kappa shape index (κ2) is 6.44. The number of imidazole rings is 1. The highest BCUT2D eigenvalue weighted by Gasteiger charge is 2.15. The molecule has 0 saturated heterocycles. The van der Waals surface area contributed by atoms with E-state index < -0.39 is 0 Å². The number of aromatic nitrogens is 2. The number of aromatic hydroxyl groups is 1. The van der Waals surface area contributed by atoms with Crippen molar-refractivity contribution in [3.8, 4) is 17.0 Å². The predicted octanol–water partition coefficient (Wildman–Crippen LogP) is 5.74. The number of hydrogen-bond donors (Lipinski definition) is 1. The van der Waals surface area contributed by atoms with Crippen LogP contribution in [-0.4, -0.2) is 14.5 Å². The third-order valence-electron chi connectivity index (χ3n) is 4.26. The monoisotopic (exact) mass is 342 g/mol. The van der Waals surface area contributed by atoms with Crippen LogP contribution in [0.15, 0.2) is 77.1 Å². The molecule has 0 atom stereocenters. The fraction of sp³-hybridized carbons (Fsp3) is 0.0952. The molecule has 4 aromatic rings. The molecule has 128 valence electrons. The van der Waals surface area contributed by atoms with Crippen molar-refractivity contribution >= 4 is 17.2 Å². The van der Waals surface area contributed by atoms with E-state index in [2.05, 4.69) is 42.3 Å². The third-order valence-corrected chi connectivity index (χ3v) is 4.26. The van der Waals surface area contributed by atoms with Crippen LogP contribution in [0.5, 0.6) is 5.75 Å². The summed E-state index contributed by atoms with van der Waals surface area (Å²) in [4.78, 5) is 4.78. The maximum Gasteiger partial charge on any atom is 0.187 e. The van der Waals surface area contributed by atoms with E-state index in [0.717, 1.165) is 22.5 Å². The summed E-state index contributed by atoms with van der Waals surface area (Å²) >= 11 is 0. The minimum atomic E-state index is 0.204. The van der Waals surface area contributed by atoms with E-state index in [1.54, 1.807) is 24.3 Å². The molecular formula is C21H18N4O. The van der Waals surface area contributed by atoms with Crippen LogP contribution in [0.2, 0.25) is 0 Å². The van der Waals surface area contributed by atoms with Crippen LogP contribution in [0.4, 0.5) is 11.5 Å². The molecular weight excluding hydrogens is 324 g/mol. The third kappa shape index (κ3) is 2.95. The van der Waals surface area contributed by atoms with Crippen molar-refractivity contribution < 1.29 is 5.11 Å². The number of azo groups is 1. The van der Waals surface area contributed by atoms with Gasteiger partial charge in [-0.1, -0.05) is 23.8 Å². The van der Waals surface area contributed by atoms with Gasteiger partial charge in [0.25, 0.3) is 0 Å². The van der Waals surface area contributed by atoms with Gasteiger partial charge in [0, 0.05) is 11.8 Å². The number of hydrogen-bond acceptors (Lipinski definition) is 4. The average molecular weight is 342 g/mol. The lowest BCUT2D eigenvalue weighted by Gasteiger charge is -2.05. The van der Waals surface area contributed by atoms with Crippen LogP contribution in [0.25, 0.3) is 16.9 Å². The molecule has 0 unspecified atom stereocenters. The molecule has 0 spiro atoms. The van der Waals surface area contributed by atoms with Crippen molar-refractivity contribution in [1.29, 1.82) is 0 Å². The van der Waals surface area contributed by atoms with E-state index in [1.807, 2.05) is 28.8 Å². The molecule has 2 aromatic carbocycles. The highest BCUT2D eigenvalue weighted by atomic mass is 16.3. The second-order valence-corrected chi connectivity index (χ2v) is 6.25. The maximum atomic E-state index is 9.41. The number of benzene rings is 2. The molecule has 2 heterocycles. The predicted molar refractivity (Wildman–Crippen MR) is 102 cm³/mol. The topological polar surface area (TPSA) is 62.2 Å². The molecule has 4 rings (SSSR count). The van der Waals surface area contributed by atoms with Gasteiger partial charge in [-0.15, -0.1) is 10.2 Å². The Morgan fingerprint density at radius 3 is 2.54 bits per heavy atom. The van der Waals surface area contributed by atoms with Crippen LogP contribution in [-0.2, 0) is 0 Å². The van der Waals surface area contributed by atoms with E-state index in [9.17, 15) is 5.11 Å². The molecule has 0 amide bonds. The van der Waals surface area contributed by atoms with Crippen LogP contribution >= 0.6 is 0 Å². The zero-order chi connectivity index (χ0) is 18.1. The van der Waals surface area contributed by atoms with Gasteiger partial charge in [0.15, 0.2) is 5.82 Å². The first-order valence-corrected chi connectivity index (χ1v) is 8.37. The van der Waals surface area contributed by atoms with Crippen molar-refractivity contribution in [1.82, 2.24) is 9.38 Å². The number of aryl methyl sites for hydroxylation is 2. The lowest BCUT2D eigenvalue weighted by atomic mass is 10.0. The Morgan fingerprint density at radius 2 is 1.73 bits per heavy atom. The summed E-state index contributed by atoms with van der Waals surface area (Å²) in [6, 6.07) is 18.8. The lowest BCUT2D eigenvalue weighted by Crippen LogP contribution is -1.86. The number of phenols is 1. The number of phenolic OH excluding ortho intramolecular Hbond substituents is 1. The van der Waals surface area contributed by atoms with E-state index in [0.29, 0.717) is 11.5 Å². The molecule has 5 nitrogen and oxygen atoms in total. The summed E-state index contributed by atoms with van der Waals surface area (Å²) in [5.41, 5.74) is 5.65. The van der Waals surface area contributed by atoms with E-state index in [-0.39, 0.29) is 5.75 Å². The van der Waals surface area contributed by atoms with Gasteiger partial charge in [0.1, 0.15) is 17.1 Å². The first kappa shape index (κ1) is 16.0. The highest BCUT2D eigenvalue weighted by molar-refractivity contribution is 5.77. The van der Waals surface area contributed by atoms with E-state index >= 15 is 0 Å². The first-order chi connectivity index (χ1) is 12.6. The molecule has 5 heteroatoms. The van der Waals surface area contributed by atoms with Gasteiger partial charge >= 0.3 is 0 Å². The summed E-state index contributed by atoms with van der Waals surface area (Å²) < 4.78 is 1.93. The fourth-order valence-corrected chi connectivity index (χ4v) is 2.87. The Kier molecular flexibility index (Phi) is 3.97. The van der Waals surface area contributed by atoms with Crippen LogP contribution in [0, 0.1) is 13.8 Å². The van der Waals surface area contributed by atoms with Crippen LogP contribution < -0.4 is 0 Å². The molecule has 1 N–H and O–H groups in total. The number of rotatable bonds is 3. The van der Waals surface area contributed by atoms with E-state index in [4.69, 9.17) is 4.98 Å². The maximum absolute atomic E-state index is 9.41. The normalized spacial score (nSPS) is 11.5. The quantitative estimate of drug-likeness (QED) is 0.483. The van der Waals surface area contributed by atoms with Gasteiger partial charge in [0.05, 0.1) is 5.69 Å². The Hall–Kier alpha value is -3.47. The number of pyridine rings is 1. The summed E-state index contributed by atoms with van der Waals surface area (Å²) in [5, 5.41) is 18.2. The number of nitrogens with zero attached hydrogens (tertiary/aromatic N) is 4. The summed E-state index contributed by atoms with van der Waals surface area (Å²) in [6.07, 6.45) is 1.93. The smallest absolute Gasteiger partial charge is 0.187 e. The first-order valence-electron chi connectivity index (χ1n) is 8.37. The zero-order valence-electron chi connectivity index (χ0n) is 14.6. The summed E-state index contributed by atoms with van der Waals surface area (Å²) in [5.74, 6) is 0.886. The highest BCUT2D eigenvalue weighted by Crippen LogP contribution is 2.34. The van der Waals surface area contributed by atoms with Crippen LogP contribution in [0.3, 0.4) is 0 Å². The van der Waals surface area contributed by atoms with E-state index in [1.165, 1.54) is 5.56 Å². The van der Waals surface area contributed by atoms with Crippen molar-refractivity contribution in [2.45, 2.75) is 13.8 Å². The van der Waals surface area contributed by atoms with Gasteiger partial charge in [-0.2, -0.15) is 0 Å². The van der Waals surface area contributed by atoms with Crippen molar-refractivity contribution in [2.75, 3.05) is 0 Å². The molecule has 0 radical (unpaired) electrons. The average Bonchev–Trinajstić information content (AvgIpc) is 3.02. The molecule has 0 saturated carbocycles. The number of fused-ring (bicyclic) bond motifs is 1. The zero-order valence-corrected chi connectivity index (χ0v) is 14.6. The van der Waals surface area contributed by atoms with Crippen molar-refractivity contribution in [2.24, 2.45) is 10.2 Å². The van der Waals surface area contributed by atoms with Gasteiger partial charge in [-0.05, 0) is 61.9 Å². The minimum absolute atomic E-state index is 0.204. The Bertz CT molecular complexity index is 1110. The molecule has 0 bridgehead atoms. The lowest BCUT2D eigenvalue weighted by molar-refractivity contribution is 0.475. The Morgan fingerprint density at radius 1 is 0.923 bits per heavy atom. The van der Waals surface area contributed by atoms with Crippen molar-refractivity contribution in [3.05, 3.63) is 78.0 Å². The fourth-order valence-electron chi connectivity index (χ4n) is 2.87. The molecule has 0 aliphatic rings. The molecule has 2 aromatic heterocycles. The van der Waals surface area contributed by atoms with Crippen molar-refractivity contribution in [3.63, 3.8) is 0 Å². The summed E-state index contributed by atoms with van der Waals surface area (Å²) in [6.45, 7) is 4.13. The van der Waals surface area contributed by atoms with Gasteiger partial charge < -0.3 is 5.11 Å². The SMILES string of the molecule is Cc1ccc(C)c(-c2nc3ccccn3c2N=Nc2ccc(O)cc2)c1. The minimum Gasteiger partial charge on any atom is -0.508 e. The molecule has 26 heavy (non-hydrogen) atoms. The van der Waals surface area contributed by atoms with Gasteiger partial charge in [-0.25, -0.2) is 4.98 Å². The molecule has 0 aliphatic heterocycles. The standard InChI is InChI=1S/C21H18N4O/c1-14-6-7-15(2)18(13-14)20-21(25-12-4-3-5-19(25)22-20)24-23-16-8-10-17(26)11-9-16/h3-13,26H,1-2H3. The molecule has 0 fully saturated rings. The largest absolute Gasteiger partial charge is 0.508 e. The van der Waals surface area contributed by atoms with Gasteiger partial charge in [0.2, 0.25) is 0 Å². The van der Waals surface area contributed by atoms with Crippen LogP contribution in [0.1, 0.15) is 11.1 Å². The Labute approximate surface area is 151 Å². The second-order valence-electron chi connectivity index (χ2n) is 6.25. The Balaban J connectivity index is 1.89. The van der Waals surface area contributed by atoms with Gasteiger partial charge in [-0.3, -0.25) is 4.40 Å². The molecule has 0 aliphatic carbocycles. The summed E-state index contributed by atoms with van der Waals surface area (Å²) in [7, 11) is 0.